The third kappa shape index (κ3) is 4.71. The molecule has 0 bridgehead atoms. The van der Waals surface area contributed by atoms with Crippen molar-refractivity contribution in [3.63, 3.8) is 0 Å². The van der Waals surface area contributed by atoms with Crippen LogP contribution >= 0.6 is 34.8 Å². The maximum absolute atomic E-state index is 12.8. The zero-order valence-corrected chi connectivity index (χ0v) is 21.9. The molecule has 0 radical (unpaired) electrons. The Morgan fingerprint density at radius 2 is 1.82 bits per heavy atom. The summed E-state index contributed by atoms with van der Waals surface area (Å²) in [7, 11) is 1.45. The van der Waals surface area contributed by atoms with Crippen LogP contribution in [0.15, 0.2) is 0 Å². The van der Waals surface area contributed by atoms with E-state index in [1.54, 1.807) is 0 Å². The van der Waals surface area contributed by atoms with Crippen LogP contribution in [0.1, 0.15) is 65.2 Å². The molecule has 4 fully saturated rings. The van der Waals surface area contributed by atoms with E-state index < -0.39 is 9.89 Å². The molecule has 33 heavy (non-hydrogen) atoms. The number of amides is 1. The van der Waals surface area contributed by atoms with Gasteiger partial charge in [-0.25, -0.2) is 4.79 Å². The lowest BCUT2D eigenvalue weighted by molar-refractivity contribution is -0.161. The molecule has 9 heteroatoms. The molecule has 4 saturated carbocycles. The average molecular weight is 525 g/mol. The molecular weight excluding hydrogens is 489 g/mol. The first kappa shape index (κ1) is 25.7. The molecule has 188 valence electrons. The summed E-state index contributed by atoms with van der Waals surface area (Å²) >= 11 is 17.3. The van der Waals surface area contributed by atoms with Crippen molar-refractivity contribution in [1.29, 1.82) is 0 Å². The van der Waals surface area contributed by atoms with Crippen LogP contribution in [0.2, 0.25) is 0 Å². The zero-order valence-electron chi connectivity index (χ0n) is 19.6. The number of hydrogen-bond donors (Lipinski definition) is 2. The quantitative estimate of drug-likeness (QED) is 0.389. The van der Waals surface area contributed by atoms with Crippen LogP contribution in [0.3, 0.4) is 0 Å². The van der Waals surface area contributed by atoms with E-state index in [1.165, 1.54) is 7.11 Å². The fourth-order valence-corrected chi connectivity index (χ4v) is 8.59. The summed E-state index contributed by atoms with van der Waals surface area (Å²) in [6.07, 6.45) is 6.33. The van der Waals surface area contributed by atoms with Crippen molar-refractivity contribution in [1.82, 2.24) is 5.32 Å². The molecular formula is C24H36Cl3NO5. The predicted octanol–water partition coefficient (Wildman–Crippen LogP) is 5.25. The maximum atomic E-state index is 12.8. The number of alkyl carbamates (subject to hydrolysis) is 1. The van der Waals surface area contributed by atoms with Crippen molar-refractivity contribution in [2.24, 2.45) is 40.4 Å². The number of alkyl halides is 3. The molecule has 0 spiro atoms. The van der Waals surface area contributed by atoms with E-state index in [4.69, 9.17) is 44.3 Å². The highest BCUT2D eigenvalue weighted by Crippen LogP contribution is 2.67. The summed E-state index contributed by atoms with van der Waals surface area (Å²) in [4.78, 5) is 25.5. The monoisotopic (exact) mass is 523 g/mol. The third-order valence-electron chi connectivity index (χ3n) is 9.75. The molecule has 9 atom stereocenters. The second-order valence-corrected chi connectivity index (χ2v) is 13.8. The average Bonchev–Trinajstić information content (AvgIpc) is 3.08. The van der Waals surface area contributed by atoms with Crippen molar-refractivity contribution in [2.75, 3.05) is 13.7 Å². The number of fused-ring (bicyclic) bond motifs is 5. The molecule has 4 aliphatic carbocycles. The minimum atomic E-state index is -1.67. The van der Waals surface area contributed by atoms with Gasteiger partial charge >= 0.3 is 12.1 Å². The highest BCUT2D eigenvalue weighted by Gasteiger charge is 2.64. The van der Waals surface area contributed by atoms with Gasteiger partial charge in [0.1, 0.15) is 6.61 Å². The van der Waals surface area contributed by atoms with Crippen LogP contribution < -0.4 is 5.32 Å². The van der Waals surface area contributed by atoms with E-state index >= 15 is 0 Å². The van der Waals surface area contributed by atoms with Gasteiger partial charge < -0.3 is 19.9 Å². The largest absolute Gasteiger partial charge is 0.469 e. The van der Waals surface area contributed by atoms with Crippen LogP contribution in [0.5, 0.6) is 0 Å². The predicted molar refractivity (Wildman–Crippen MR) is 127 cm³/mol. The smallest absolute Gasteiger partial charge is 0.407 e. The lowest BCUT2D eigenvalue weighted by Gasteiger charge is -2.63. The van der Waals surface area contributed by atoms with Crippen molar-refractivity contribution in [3.8, 4) is 0 Å². The van der Waals surface area contributed by atoms with Crippen LogP contribution in [0.4, 0.5) is 4.79 Å². The van der Waals surface area contributed by atoms with Gasteiger partial charge in [-0.05, 0) is 85.9 Å². The third-order valence-corrected chi connectivity index (χ3v) is 10.1. The summed E-state index contributed by atoms with van der Waals surface area (Å²) in [6.45, 7) is 4.21. The number of carbonyl (C=O) groups is 2. The number of nitrogens with one attached hydrogen (secondary N) is 1. The van der Waals surface area contributed by atoms with Crippen LogP contribution in [0, 0.1) is 40.4 Å². The zero-order chi connectivity index (χ0) is 24.2. The van der Waals surface area contributed by atoms with Gasteiger partial charge in [-0.3, -0.25) is 4.79 Å². The Morgan fingerprint density at radius 1 is 1.09 bits per heavy atom. The van der Waals surface area contributed by atoms with Crippen LogP contribution in [-0.4, -0.2) is 46.8 Å². The van der Waals surface area contributed by atoms with Crippen LogP contribution in [0.25, 0.3) is 0 Å². The number of aliphatic hydroxyl groups is 1. The van der Waals surface area contributed by atoms with E-state index in [-0.39, 0.29) is 47.4 Å². The molecule has 0 aromatic carbocycles. The Morgan fingerprint density at radius 3 is 2.48 bits per heavy atom. The van der Waals surface area contributed by atoms with E-state index in [9.17, 15) is 14.7 Å². The second kappa shape index (κ2) is 9.22. The molecule has 0 aromatic heterocycles. The van der Waals surface area contributed by atoms with E-state index in [0.717, 1.165) is 44.9 Å². The first-order valence-corrected chi connectivity index (χ1v) is 13.3. The maximum Gasteiger partial charge on any atom is 0.407 e. The Balaban J connectivity index is 1.65. The fraction of sp³-hybridized carbons (Fsp3) is 0.917. The number of esters is 1. The lowest BCUT2D eigenvalue weighted by Crippen LogP contribution is -2.63. The standard InChI is InChI=1S/C24H36Cl3NO5/c1-22-9-8-14(29)10-13(22)4-5-15-16-6-7-17(20(30)32-3)23(16,2)11-18(19(15)22)28-21(31)33-12-24(25,26)27/h13-19,29H,4-12H2,1-3H3,(H,28,31)/t13?,14?,15-,16-,17?,18?,19-,22-,23-/m0/s1. The first-order chi connectivity index (χ1) is 15.4. The lowest BCUT2D eigenvalue weighted by atomic mass is 9.43. The molecule has 6 nitrogen and oxygen atoms in total. The summed E-state index contributed by atoms with van der Waals surface area (Å²) in [6, 6.07) is -0.160. The van der Waals surface area contributed by atoms with Gasteiger partial charge in [-0.1, -0.05) is 48.7 Å². The molecule has 0 heterocycles. The van der Waals surface area contributed by atoms with Gasteiger partial charge in [-0.15, -0.1) is 0 Å². The van der Waals surface area contributed by atoms with E-state index in [1.807, 2.05) is 0 Å². The Kier molecular flexibility index (Phi) is 7.17. The van der Waals surface area contributed by atoms with Gasteiger partial charge in [0.05, 0.1) is 19.1 Å². The van der Waals surface area contributed by atoms with E-state index in [2.05, 4.69) is 19.2 Å². The normalized spacial score (nSPS) is 44.8. The summed E-state index contributed by atoms with van der Waals surface area (Å²) in [5.74, 6) is 1.15. The first-order valence-electron chi connectivity index (χ1n) is 12.1. The Bertz CT molecular complexity index is 776. The summed E-state index contributed by atoms with van der Waals surface area (Å²) in [5.41, 5.74) is -0.237. The van der Waals surface area contributed by atoms with Crippen molar-refractivity contribution < 1.29 is 24.2 Å². The molecule has 4 aliphatic rings. The molecule has 1 amide bonds. The van der Waals surface area contributed by atoms with Gasteiger partial charge in [0, 0.05) is 6.04 Å². The number of ether oxygens (including phenoxy) is 2. The Labute approximate surface area is 211 Å². The number of hydrogen-bond acceptors (Lipinski definition) is 5. The number of methoxy groups -OCH3 is 1. The van der Waals surface area contributed by atoms with Crippen molar-refractivity contribution in [3.05, 3.63) is 0 Å². The fourth-order valence-electron chi connectivity index (χ4n) is 8.43. The number of halogens is 3. The van der Waals surface area contributed by atoms with Gasteiger partial charge in [0.2, 0.25) is 3.79 Å². The second-order valence-electron chi connectivity index (χ2n) is 11.3. The molecule has 4 unspecified atom stereocenters. The topological polar surface area (TPSA) is 84.9 Å². The molecule has 0 aromatic rings. The summed E-state index contributed by atoms with van der Waals surface area (Å²) < 4.78 is 8.73. The SMILES string of the molecule is COC(=O)C1CC[C@H]2[C@@H]3CCC4CC(O)CC[C@]4(C)[C@@H]3C(NC(=O)OCC(Cl)(Cl)Cl)C[C@]12C. The van der Waals surface area contributed by atoms with Crippen molar-refractivity contribution >= 4 is 46.9 Å². The number of aliphatic hydroxyl groups excluding tert-OH is 1. The minimum absolute atomic E-state index is 0.0139. The molecule has 4 rings (SSSR count). The van der Waals surface area contributed by atoms with E-state index in [0.29, 0.717) is 24.2 Å². The van der Waals surface area contributed by atoms with Gasteiger partial charge in [0.25, 0.3) is 0 Å². The Hall–Kier alpha value is -0.430. The minimum Gasteiger partial charge on any atom is -0.469 e. The number of carbonyl (C=O) groups excluding carboxylic acids is 2. The summed E-state index contributed by atoms with van der Waals surface area (Å²) in [5, 5.41) is 13.5. The van der Waals surface area contributed by atoms with Gasteiger partial charge in [-0.2, -0.15) is 0 Å². The highest BCUT2D eigenvalue weighted by atomic mass is 35.6. The molecule has 2 N–H and O–H groups in total. The molecule has 0 aliphatic heterocycles. The molecule has 0 saturated heterocycles. The van der Waals surface area contributed by atoms with Crippen LogP contribution in [-0.2, 0) is 14.3 Å². The highest BCUT2D eigenvalue weighted by molar-refractivity contribution is 6.67. The number of rotatable bonds is 3. The van der Waals surface area contributed by atoms with Gasteiger partial charge in [0.15, 0.2) is 0 Å². The van der Waals surface area contributed by atoms with Crippen molar-refractivity contribution in [2.45, 2.75) is 81.2 Å².